The maximum absolute atomic E-state index is 5.89. The molecule has 0 saturated heterocycles. The predicted octanol–water partition coefficient (Wildman–Crippen LogP) is 3.01. The highest BCUT2D eigenvalue weighted by Crippen LogP contribution is 2.16. The number of ether oxygens (including phenoxy) is 1. The minimum Gasteiger partial charge on any atom is -0.491 e. The van der Waals surface area contributed by atoms with Gasteiger partial charge in [-0.2, -0.15) is 0 Å². The van der Waals surface area contributed by atoms with Gasteiger partial charge in [0, 0.05) is 6.04 Å². The fourth-order valence-corrected chi connectivity index (χ4v) is 1.73. The summed E-state index contributed by atoms with van der Waals surface area (Å²) in [6.07, 6.45) is 2.32. The van der Waals surface area contributed by atoms with E-state index in [2.05, 4.69) is 44.3 Å². The molecule has 90 valence electrons. The van der Waals surface area contributed by atoms with Crippen LogP contribution < -0.4 is 10.1 Å². The van der Waals surface area contributed by atoms with Crippen molar-refractivity contribution in [3.05, 3.63) is 29.8 Å². The van der Waals surface area contributed by atoms with Crippen LogP contribution in [0.15, 0.2) is 24.3 Å². The first-order valence-corrected chi connectivity index (χ1v) is 6.08. The van der Waals surface area contributed by atoms with Crippen LogP contribution in [0.4, 0.5) is 0 Å². The van der Waals surface area contributed by atoms with Gasteiger partial charge in [-0.05, 0) is 51.4 Å². The van der Waals surface area contributed by atoms with E-state index in [9.17, 15) is 0 Å². The molecule has 0 radical (unpaired) electrons. The Kier molecular flexibility index (Phi) is 5.33. The van der Waals surface area contributed by atoms with Gasteiger partial charge in [-0.25, -0.2) is 0 Å². The molecule has 0 bridgehead atoms. The van der Waals surface area contributed by atoms with Crippen LogP contribution >= 0.6 is 0 Å². The van der Waals surface area contributed by atoms with E-state index in [0.29, 0.717) is 6.04 Å². The van der Waals surface area contributed by atoms with Crippen molar-refractivity contribution in [2.24, 2.45) is 0 Å². The molecule has 0 aliphatic heterocycles. The highest BCUT2D eigenvalue weighted by molar-refractivity contribution is 5.28. The summed E-state index contributed by atoms with van der Waals surface area (Å²) in [5.41, 5.74) is 1.33. The summed E-state index contributed by atoms with van der Waals surface area (Å²) in [6, 6.07) is 8.83. The van der Waals surface area contributed by atoms with Crippen LogP contribution in [0, 0.1) is 0 Å². The monoisotopic (exact) mass is 221 g/mol. The van der Waals surface area contributed by atoms with E-state index < -0.39 is 0 Å². The van der Waals surface area contributed by atoms with Crippen molar-refractivity contribution in [2.45, 2.75) is 45.8 Å². The second-order valence-corrected chi connectivity index (χ2v) is 4.35. The lowest BCUT2D eigenvalue weighted by Gasteiger charge is -2.18. The summed E-state index contributed by atoms with van der Waals surface area (Å²) in [6.45, 7) is 6.44. The van der Waals surface area contributed by atoms with Crippen molar-refractivity contribution in [3.63, 3.8) is 0 Å². The molecule has 1 N–H and O–H groups in total. The summed E-state index contributed by atoms with van der Waals surface area (Å²) in [4.78, 5) is 0. The Morgan fingerprint density at radius 1 is 1.31 bits per heavy atom. The van der Waals surface area contributed by atoms with Gasteiger partial charge in [0.15, 0.2) is 0 Å². The van der Waals surface area contributed by atoms with Crippen LogP contribution in [0.2, 0.25) is 0 Å². The van der Waals surface area contributed by atoms with E-state index in [1.54, 1.807) is 0 Å². The van der Waals surface area contributed by atoms with Gasteiger partial charge < -0.3 is 10.1 Å². The van der Waals surface area contributed by atoms with Gasteiger partial charge in [-0.1, -0.05) is 19.1 Å². The molecule has 1 aromatic carbocycles. The third kappa shape index (κ3) is 4.23. The Hall–Kier alpha value is -1.02. The van der Waals surface area contributed by atoms with E-state index >= 15 is 0 Å². The van der Waals surface area contributed by atoms with Gasteiger partial charge in [-0.15, -0.1) is 0 Å². The van der Waals surface area contributed by atoms with E-state index in [1.165, 1.54) is 5.56 Å². The second-order valence-electron chi connectivity index (χ2n) is 4.35. The van der Waals surface area contributed by atoms with Crippen LogP contribution in [0.25, 0.3) is 0 Å². The third-order valence-electron chi connectivity index (χ3n) is 2.82. The smallest absolute Gasteiger partial charge is 0.119 e. The van der Waals surface area contributed by atoms with E-state index in [0.717, 1.165) is 18.6 Å². The summed E-state index contributed by atoms with van der Waals surface area (Å²) >= 11 is 0. The van der Waals surface area contributed by atoms with Crippen LogP contribution in [-0.2, 0) is 6.42 Å². The zero-order chi connectivity index (χ0) is 12.0. The summed E-state index contributed by atoms with van der Waals surface area (Å²) in [5, 5.41) is 3.22. The fourth-order valence-electron chi connectivity index (χ4n) is 1.73. The number of hydrogen-bond acceptors (Lipinski definition) is 2. The molecule has 0 fully saturated rings. The lowest BCUT2D eigenvalue weighted by atomic mass is 10.1. The molecule has 2 unspecified atom stereocenters. The topological polar surface area (TPSA) is 21.3 Å². The molecule has 0 spiro atoms. The molecule has 2 nitrogen and oxygen atoms in total. The van der Waals surface area contributed by atoms with Crippen LogP contribution in [0.1, 0.15) is 32.8 Å². The SMILES string of the molecule is CCc1cccc(OC(C)CC(C)NC)c1. The minimum absolute atomic E-state index is 0.245. The van der Waals surface area contributed by atoms with Gasteiger partial charge in [0.05, 0.1) is 6.10 Å². The van der Waals surface area contributed by atoms with Crippen molar-refractivity contribution in [1.82, 2.24) is 5.32 Å². The minimum atomic E-state index is 0.245. The van der Waals surface area contributed by atoms with Crippen LogP contribution in [0.3, 0.4) is 0 Å². The van der Waals surface area contributed by atoms with Crippen molar-refractivity contribution in [1.29, 1.82) is 0 Å². The maximum Gasteiger partial charge on any atom is 0.119 e. The van der Waals surface area contributed by atoms with Crippen molar-refractivity contribution >= 4 is 0 Å². The van der Waals surface area contributed by atoms with Crippen LogP contribution in [-0.4, -0.2) is 19.2 Å². The zero-order valence-electron chi connectivity index (χ0n) is 10.8. The molecule has 16 heavy (non-hydrogen) atoms. The van der Waals surface area contributed by atoms with Gasteiger partial charge in [-0.3, -0.25) is 0 Å². The third-order valence-corrected chi connectivity index (χ3v) is 2.82. The Balaban J connectivity index is 2.51. The van der Waals surface area contributed by atoms with Crippen molar-refractivity contribution in [2.75, 3.05) is 7.05 Å². The Bertz CT molecular complexity index is 311. The first-order chi connectivity index (χ1) is 7.65. The Morgan fingerprint density at radius 2 is 2.06 bits per heavy atom. The van der Waals surface area contributed by atoms with Gasteiger partial charge in [0.25, 0.3) is 0 Å². The normalized spacial score (nSPS) is 14.5. The molecule has 0 saturated carbocycles. The molecular weight excluding hydrogens is 198 g/mol. The quantitative estimate of drug-likeness (QED) is 0.797. The first kappa shape index (κ1) is 13.0. The Morgan fingerprint density at radius 3 is 2.69 bits per heavy atom. The predicted molar refractivity (Wildman–Crippen MR) is 69.0 cm³/mol. The lowest BCUT2D eigenvalue weighted by molar-refractivity contribution is 0.197. The number of hydrogen-bond donors (Lipinski definition) is 1. The van der Waals surface area contributed by atoms with Crippen LogP contribution in [0.5, 0.6) is 5.75 Å². The number of aryl methyl sites for hydroxylation is 1. The molecule has 2 heteroatoms. The molecule has 1 rings (SSSR count). The molecule has 1 aromatic rings. The van der Waals surface area contributed by atoms with Crippen molar-refractivity contribution < 1.29 is 4.74 Å². The lowest BCUT2D eigenvalue weighted by Crippen LogP contribution is -2.28. The second kappa shape index (κ2) is 6.54. The number of nitrogens with one attached hydrogen (secondary N) is 1. The average molecular weight is 221 g/mol. The van der Waals surface area contributed by atoms with Gasteiger partial charge >= 0.3 is 0 Å². The van der Waals surface area contributed by atoms with Crippen molar-refractivity contribution in [3.8, 4) is 5.75 Å². The summed E-state index contributed by atoms with van der Waals surface area (Å²) in [7, 11) is 1.98. The zero-order valence-corrected chi connectivity index (χ0v) is 10.8. The highest BCUT2D eigenvalue weighted by atomic mass is 16.5. The first-order valence-electron chi connectivity index (χ1n) is 6.08. The molecule has 0 heterocycles. The maximum atomic E-state index is 5.89. The molecule has 0 aliphatic rings. The van der Waals surface area contributed by atoms with E-state index in [-0.39, 0.29) is 6.10 Å². The molecule has 0 amide bonds. The summed E-state index contributed by atoms with van der Waals surface area (Å²) in [5.74, 6) is 0.982. The standard InChI is InChI=1S/C14H23NO/c1-5-13-7-6-8-14(10-13)16-12(3)9-11(2)15-4/h6-8,10-12,15H,5,9H2,1-4H3. The largest absolute Gasteiger partial charge is 0.491 e. The van der Waals surface area contributed by atoms with E-state index in [1.807, 2.05) is 13.1 Å². The molecular formula is C14H23NO. The summed E-state index contributed by atoms with van der Waals surface area (Å²) < 4.78 is 5.89. The highest BCUT2D eigenvalue weighted by Gasteiger charge is 2.08. The van der Waals surface area contributed by atoms with E-state index in [4.69, 9.17) is 4.74 Å². The average Bonchev–Trinajstić information content (AvgIpc) is 2.28. The molecule has 0 aromatic heterocycles. The fraction of sp³-hybridized carbons (Fsp3) is 0.571. The number of rotatable bonds is 6. The molecule has 2 atom stereocenters. The number of benzene rings is 1. The van der Waals surface area contributed by atoms with Gasteiger partial charge in [0.2, 0.25) is 0 Å². The molecule has 0 aliphatic carbocycles. The van der Waals surface area contributed by atoms with Gasteiger partial charge in [0.1, 0.15) is 5.75 Å². The Labute approximate surface area is 99.0 Å².